The summed E-state index contributed by atoms with van der Waals surface area (Å²) in [7, 11) is 3.35. The van der Waals surface area contributed by atoms with Crippen molar-refractivity contribution >= 4 is 35.6 Å². The van der Waals surface area contributed by atoms with E-state index < -0.39 is 0 Å². The lowest BCUT2D eigenvalue weighted by molar-refractivity contribution is 0.180. The second-order valence-electron chi connectivity index (χ2n) is 7.15. The minimum atomic E-state index is 0. The van der Waals surface area contributed by atoms with E-state index in [1.807, 2.05) is 36.4 Å². The molecule has 0 radical (unpaired) electrons. The third-order valence-corrected chi connectivity index (χ3v) is 5.13. The van der Waals surface area contributed by atoms with Crippen LogP contribution in [-0.4, -0.2) is 44.7 Å². The first-order valence-electron chi connectivity index (χ1n) is 9.72. The van der Waals surface area contributed by atoms with Gasteiger partial charge in [-0.15, -0.1) is 24.0 Å². The molecule has 29 heavy (non-hydrogen) atoms. The van der Waals surface area contributed by atoms with Crippen LogP contribution in [0.1, 0.15) is 18.4 Å². The topological polar surface area (TPSA) is 72.1 Å². The van der Waals surface area contributed by atoms with Gasteiger partial charge in [-0.25, -0.2) is 0 Å². The first kappa shape index (κ1) is 23.3. The van der Waals surface area contributed by atoms with Crippen molar-refractivity contribution in [2.24, 2.45) is 16.6 Å². The van der Waals surface area contributed by atoms with Crippen LogP contribution in [0.2, 0.25) is 0 Å². The number of likely N-dealkylation sites (tertiary alicyclic amines) is 1. The number of halogens is 1. The highest BCUT2D eigenvalue weighted by Gasteiger charge is 2.19. The normalized spacial score (nSPS) is 15.4. The van der Waals surface area contributed by atoms with E-state index in [0.29, 0.717) is 11.9 Å². The summed E-state index contributed by atoms with van der Waals surface area (Å²) in [5.41, 5.74) is 8.25. The lowest BCUT2D eigenvalue weighted by atomic mass is 9.96. The molecule has 7 heteroatoms. The van der Waals surface area contributed by atoms with E-state index in [1.165, 1.54) is 5.56 Å². The van der Waals surface area contributed by atoms with E-state index in [1.54, 1.807) is 14.2 Å². The maximum atomic E-state index is 6.04. The van der Waals surface area contributed by atoms with Crippen molar-refractivity contribution in [2.75, 3.05) is 39.2 Å². The van der Waals surface area contributed by atoms with Crippen LogP contribution in [0.25, 0.3) is 0 Å². The van der Waals surface area contributed by atoms with Gasteiger partial charge in [-0.05, 0) is 61.7 Å². The number of ether oxygens (including phenoxy) is 2. The molecule has 6 nitrogen and oxygen atoms in total. The van der Waals surface area contributed by atoms with Gasteiger partial charge in [0.1, 0.15) is 11.5 Å². The summed E-state index contributed by atoms with van der Waals surface area (Å²) in [6, 6.07) is 16.0. The summed E-state index contributed by atoms with van der Waals surface area (Å²) < 4.78 is 10.4. The second kappa shape index (κ2) is 11.9. The molecular formula is C22H31IN4O2. The number of methoxy groups -OCH3 is 2. The van der Waals surface area contributed by atoms with Gasteiger partial charge in [0.05, 0.1) is 14.2 Å². The Morgan fingerprint density at radius 1 is 1.07 bits per heavy atom. The second-order valence-corrected chi connectivity index (χ2v) is 7.15. The molecule has 1 saturated heterocycles. The predicted octanol–water partition coefficient (Wildman–Crippen LogP) is 3.96. The quantitative estimate of drug-likeness (QED) is 0.335. The molecule has 0 aliphatic carbocycles. The van der Waals surface area contributed by atoms with Gasteiger partial charge in [0.15, 0.2) is 5.96 Å². The molecule has 1 aliphatic rings. The van der Waals surface area contributed by atoms with Crippen molar-refractivity contribution in [3.05, 3.63) is 54.1 Å². The molecular weight excluding hydrogens is 479 g/mol. The molecule has 2 aromatic carbocycles. The standard InChI is InChI=1S/C22H30N4O2.HI/c1-27-20-8-6-18(7-9-20)16-26-12-10-17(11-13-26)15-24-22(23)25-19-4-3-5-21(14-19)28-2;/h3-9,14,17H,10-13,15-16H2,1-2H3,(H3,23,24,25);1H. The van der Waals surface area contributed by atoms with E-state index in [-0.39, 0.29) is 24.0 Å². The Morgan fingerprint density at radius 3 is 2.41 bits per heavy atom. The molecule has 0 saturated carbocycles. The van der Waals surface area contributed by atoms with E-state index in [9.17, 15) is 0 Å². The van der Waals surface area contributed by atoms with Gasteiger partial charge in [-0.1, -0.05) is 18.2 Å². The summed E-state index contributed by atoms with van der Waals surface area (Å²) >= 11 is 0. The first-order chi connectivity index (χ1) is 13.7. The smallest absolute Gasteiger partial charge is 0.193 e. The fourth-order valence-corrected chi connectivity index (χ4v) is 3.43. The predicted molar refractivity (Wildman–Crippen MR) is 130 cm³/mol. The lowest BCUT2D eigenvalue weighted by Gasteiger charge is -2.31. The van der Waals surface area contributed by atoms with Crippen molar-refractivity contribution in [3.63, 3.8) is 0 Å². The summed E-state index contributed by atoms with van der Waals surface area (Å²) in [6.07, 6.45) is 2.29. The van der Waals surface area contributed by atoms with Crippen molar-refractivity contribution in [1.29, 1.82) is 0 Å². The van der Waals surface area contributed by atoms with Gasteiger partial charge in [0, 0.05) is 24.8 Å². The molecule has 158 valence electrons. The van der Waals surface area contributed by atoms with Crippen LogP contribution < -0.4 is 20.5 Å². The third kappa shape index (κ3) is 7.40. The number of nitrogens with zero attached hydrogens (tertiary/aromatic N) is 2. The van der Waals surface area contributed by atoms with Crippen LogP contribution in [-0.2, 0) is 6.54 Å². The molecule has 1 heterocycles. The summed E-state index contributed by atoms with van der Waals surface area (Å²) in [5, 5.41) is 3.13. The average molecular weight is 510 g/mol. The van der Waals surface area contributed by atoms with E-state index in [4.69, 9.17) is 15.2 Å². The fourth-order valence-electron chi connectivity index (χ4n) is 3.43. The largest absolute Gasteiger partial charge is 0.497 e. The van der Waals surface area contributed by atoms with Gasteiger partial charge < -0.3 is 20.5 Å². The molecule has 3 rings (SSSR count). The Balaban J connectivity index is 0.00000300. The number of guanidine groups is 1. The number of aliphatic imine (C=N–C) groups is 1. The Labute approximate surface area is 190 Å². The number of nitrogens with two attached hydrogens (primary N) is 1. The minimum Gasteiger partial charge on any atom is -0.497 e. The zero-order valence-electron chi connectivity index (χ0n) is 17.1. The van der Waals surface area contributed by atoms with Crippen molar-refractivity contribution in [1.82, 2.24) is 4.90 Å². The number of piperidine rings is 1. The molecule has 1 fully saturated rings. The van der Waals surface area contributed by atoms with Crippen LogP contribution in [0.3, 0.4) is 0 Å². The Morgan fingerprint density at radius 2 is 1.76 bits per heavy atom. The van der Waals surface area contributed by atoms with Gasteiger partial charge in [-0.2, -0.15) is 0 Å². The number of hydrogen-bond acceptors (Lipinski definition) is 4. The van der Waals surface area contributed by atoms with Crippen LogP contribution in [0.4, 0.5) is 5.69 Å². The molecule has 1 aliphatic heterocycles. The average Bonchev–Trinajstić information content (AvgIpc) is 2.74. The zero-order valence-corrected chi connectivity index (χ0v) is 19.5. The third-order valence-electron chi connectivity index (χ3n) is 5.13. The van der Waals surface area contributed by atoms with Gasteiger partial charge in [0.2, 0.25) is 0 Å². The summed E-state index contributed by atoms with van der Waals surface area (Å²) in [5.74, 6) is 2.73. The van der Waals surface area contributed by atoms with Crippen LogP contribution in [0, 0.1) is 5.92 Å². The van der Waals surface area contributed by atoms with Crippen LogP contribution in [0.15, 0.2) is 53.5 Å². The van der Waals surface area contributed by atoms with Crippen molar-refractivity contribution < 1.29 is 9.47 Å². The maximum absolute atomic E-state index is 6.04. The van der Waals surface area contributed by atoms with Crippen molar-refractivity contribution in [3.8, 4) is 11.5 Å². The maximum Gasteiger partial charge on any atom is 0.193 e. The lowest BCUT2D eigenvalue weighted by Crippen LogP contribution is -2.34. The molecule has 0 unspecified atom stereocenters. The van der Waals surface area contributed by atoms with Crippen LogP contribution >= 0.6 is 24.0 Å². The molecule has 0 aromatic heterocycles. The highest BCUT2D eigenvalue weighted by molar-refractivity contribution is 14.0. The monoisotopic (exact) mass is 510 g/mol. The number of nitrogens with one attached hydrogen (secondary N) is 1. The number of anilines is 1. The van der Waals surface area contributed by atoms with Gasteiger partial charge in [0.25, 0.3) is 0 Å². The Hall–Kier alpha value is -2.00. The fraction of sp³-hybridized carbons (Fsp3) is 0.409. The van der Waals surface area contributed by atoms with E-state index in [0.717, 1.165) is 56.2 Å². The molecule has 0 amide bonds. The highest BCUT2D eigenvalue weighted by atomic mass is 127. The molecule has 0 spiro atoms. The molecule has 3 N–H and O–H groups in total. The zero-order chi connectivity index (χ0) is 19.8. The van der Waals surface area contributed by atoms with Gasteiger partial charge in [-0.3, -0.25) is 9.89 Å². The molecule has 0 bridgehead atoms. The number of rotatable bonds is 7. The first-order valence-corrected chi connectivity index (χ1v) is 9.72. The summed E-state index contributed by atoms with van der Waals surface area (Å²) in [4.78, 5) is 7.04. The Kier molecular flexibility index (Phi) is 9.53. The number of hydrogen-bond donors (Lipinski definition) is 2. The highest BCUT2D eigenvalue weighted by Crippen LogP contribution is 2.21. The molecule has 2 aromatic rings. The van der Waals surface area contributed by atoms with E-state index >= 15 is 0 Å². The van der Waals surface area contributed by atoms with Crippen LogP contribution in [0.5, 0.6) is 11.5 Å². The number of benzene rings is 2. The SMILES string of the molecule is COc1ccc(CN2CCC(CN=C(N)Nc3cccc(OC)c3)CC2)cc1.I. The Bertz CT molecular complexity index is 775. The van der Waals surface area contributed by atoms with E-state index in [2.05, 4.69) is 27.3 Å². The molecule has 0 atom stereocenters. The van der Waals surface area contributed by atoms with Crippen molar-refractivity contribution in [2.45, 2.75) is 19.4 Å². The minimum absolute atomic E-state index is 0. The van der Waals surface area contributed by atoms with Gasteiger partial charge >= 0.3 is 0 Å². The summed E-state index contributed by atoms with van der Waals surface area (Å²) in [6.45, 7) is 3.93.